The maximum atomic E-state index is 11.9. The van der Waals surface area contributed by atoms with Crippen LogP contribution in [0.4, 0.5) is 5.82 Å². The van der Waals surface area contributed by atoms with Gasteiger partial charge < -0.3 is 10.7 Å². The summed E-state index contributed by atoms with van der Waals surface area (Å²) in [5.41, 5.74) is 5.84. The van der Waals surface area contributed by atoms with E-state index in [1.54, 1.807) is 24.3 Å². The summed E-state index contributed by atoms with van der Waals surface area (Å²) in [6.45, 7) is 0.0518. The first kappa shape index (κ1) is 16.5. The molecular formula is C13H15ClN4O3S. The van der Waals surface area contributed by atoms with E-state index in [1.165, 1.54) is 4.31 Å². The van der Waals surface area contributed by atoms with Crippen molar-refractivity contribution in [3.05, 3.63) is 57.1 Å². The Morgan fingerprint density at radius 2 is 1.91 bits per heavy atom. The van der Waals surface area contributed by atoms with Gasteiger partial charge in [-0.3, -0.25) is 4.79 Å². The number of nitrogens with two attached hydrogens (primary N) is 1. The zero-order chi connectivity index (χ0) is 16.3. The Morgan fingerprint density at radius 1 is 1.27 bits per heavy atom. The first-order valence-corrected chi connectivity index (χ1v) is 8.52. The molecule has 0 fully saturated rings. The van der Waals surface area contributed by atoms with Crippen molar-refractivity contribution < 1.29 is 8.42 Å². The van der Waals surface area contributed by atoms with Gasteiger partial charge in [-0.25, -0.2) is 13.4 Å². The number of rotatable bonds is 5. The van der Waals surface area contributed by atoms with Crippen molar-refractivity contribution in [2.45, 2.75) is 13.1 Å². The van der Waals surface area contributed by atoms with Gasteiger partial charge in [0.2, 0.25) is 10.0 Å². The van der Waals surface area contributed by atoms with Gasteiger partial charge in [-0.05, 0) is 17.7 Å². The molecule has 1 aromatic heterocycles. The third kappa shape index (κ3) is 4.55. The Balaban J connectivity index is 2.27. The van der Waals surface area contributed by atoms with Crippen LogP contribution >= 0.6 is 11.6 Å². The highest BCUT2D eigenvalue weighted by atomic mass is 35.5. The molecule has 0 aliphatic rings. The molecular weight excluding hydrogens is 328 g/mol. The molecule has 0 amide bonds. The number of halogens is 1. The predicted octanol–water partition coefficient (Wildman–Crippen LogP) is 0.967. The van der Waals surface area contributed by atoms with Crippen molar-refractivity contribution in [2.75, 3.05) is 12.0 Å². The maximum absolute atomic E-state index is 11.9. The van der Waals surface area contributed by atoms with E-state index in [4.69, 9.17) is 17.3 Å². The van der Waals surface area contributed by atoms with Gasteiger partial charge in [-0.15, -0.1) is 0 Å². The number of hydrogen-bond donors (Lipinski definition) is 2. The molecule has 0 aliphatic carbocycles. The van der Waals surface area contributed by atoms with Crippen molar-refractivity contribution in [2.24, 2.45) is 0 Å². The lowest BCUT2D eigenvalue weighted by Crippen LogP contribution is -2.30. The molecule has 3 N–H and O–H groups in total. The highest BCUT2D eigenvalue weighted by Crippen LogP contribution is 2.14. The summed E-state index contributed by atoms with van der Waals surface area (Å²) in [4.78, 5) is 17.8. The Morgan fingerprint density at radius 3 is 2.45 bits per heavy atom. The van der Waals surface area contributed by atoms with Gasteiger partial charge in [0.1, 0.15) is 11.6 Å². The third-order valence-electron chi connectivity index (χ3n) is 2.88. The van der Waals surface area contributed by atoms with Crippen LogP contribution in [0.1, 0.15) is 11.4 Å². The summed E-state index contributed by atoms with van der Waals surface area (Å²) in [5.74, 6) is 0.225. The fourth-order valence-corrected chi connectivity index (χ4v) is 2.72. The van der Waals surface area contributed by atoms with Gasteiger partial charge in [0.15, 0.2) is 0 Å². The van der Waals surface area contributed by atoms with E-state index in [0.717, 1.165) is 17.9 Å². The van der Waals surface area contributed by atoms with Crippen LogP contribution in [-0.2, 0) is 23.1 Å². The molecule has 118 valence electrons. The molecule has 1 aromatic carbocycles. The number of H-pyrrole nitrogens is 1. The molecule has 7 nitrogen and oxygen atoms in total. The second-order valence-corrected chi connectivity index (χ2v) is 7.19. The summed E-state index contributed by atoms with van der Waals surface area (Å²) >= 11 is 5.81. The van der Waals surface area contributed by atoms with Crippen LogP contribution in [-0.4, -0.2) is 28.9 Å². The Labute approximate surface area is 132 Å². The van der Waals surface area contributed by atoms with E-state index in [2.05, 4.69) is 9.97 Å². The van der Waals surface area contributed by atoms with Gasteiger partial charge in [-0.2, -0.15) is 4.31 Å². The van der Waals surface area contributed by atoms with Crippen LogP contribution in [0.15, 0.2) is 35.1 Å². The fraction of sp³-hybridized carbons (Fsp3) is 0.231. The first-order valence-electron chi connectivity index (χ1n) is 6.29. The molecule has 0 bridgehead atoms. The van der Waals surface area contributed by atoms with Crippen molar-refractivity contribution in [1.82, 2.24) is 14.3 Å². The van der Waals surface area contributed by atoms with E-state index in [9.17, 15) is 13.2 Å². The van der Waals surface area contributed by atoms with E-state index in [1.807, 2.05) is 0 Å². The largest absolute Gasteiger partial charge is 0.383 e. The number of hydrogen-bond acceptors (Lipinski definition) is 5. The maximum Gasteiger partial charge on any atom is 0.253 e. The van der Waals surface area contributed by atoms with Gasteiger partial charge in [0.25, 0.3) is 5.56 Å². The van der Waals surface area contributed by atoms with Crippen LogP contribution < -0.4 is 11.3 Å². The summed E-state index contributed by atoms with van der Waals surface area (Å²) in [6.07, 6.45) is 1.09. The van der Waals surface area contributed by atoms with Crippen LogP contribution in [0.5, 0.6) is 0 Å². The van der Waals surface area contributed by atoms with Gasteiger partial charge in [-0.1, -0.05) is 23.7 Å². The molecule has 2 rings (SSSR count). The molecule has 0 aliphatic heterocycles. The third-order valence-corrected chi connectivity index (χ3v) is 4.33. The van der Waals surface area contributed by atoms with E-state index in [0.29, 0.717) is 5.02 Å². The standard InChI is InChI=1S/C13H15ClN4O3S/c1-22(20,21)18(7-9-2-4-10(14)5-3-9)8-12-16-11(15)6-13(19)17-12/h2-6H,7-8H2,1H3,(H3,15,16,17,19). The monoisotopic (exact) mass is 342 g/mol. The molecule has 0 radical (unpaired) electrons. The van der Waals surface area contributed by atoms with Crippen LogP contribution in [0.3, 0.4) is 0 Å². The number of nitrogens with one attached hydrogen (secondary N) is 1. The lowest BCUT2D eigenvalue weighted by atomic mass is 10.2. The number of sulfonamides is 1. The SMILES string of the molecule is CS(=O)(=O)N(Cc1ccc(Cl)cc1)Cc1nc(N)cc(=O)[nH]1. The first-order chi connectivity index (χ1) is 10.2. The number of aromatic nitrogens is 2. The second kappa shape index (κ2) is 6.47. The summed E-state index contributed by atoms with van der Waals surface area (Å²) in [7, 11) is -3.50. The Hall–Kier alpha value is -1.90. The van der Waals surface area contributed by atoms with Gasteiger partial charge >= 0.3 is 0 Å². The second-order valence-electron chi connectivity index (χ2n) is 4.77. The van der Waals surface area contributed by atoms with Crippen molar-refractivity contribution in [1.29, 1.82) is 0 Å². The van der Waals surface area contributed by atoms with Crippen molar-refractivity contribution >= 4 is 27.4 Å². The molecule has 1 heterocycles. The predicted molar refractivity (Wildman–Crippen MR) is 84.8 cm³/mol. The molecule has 22 heavy (non-hydrogen) atoms. The topological polar surface area (TPSA) is 109 Å². The van der Waals surface area contributed by atoms with Crippen LogP contribution in [0, 0.1) is 0 Å². The summed E-state index contributed by atoms with van der Waals surface area (Å²) in [5, 5.41) is 0.566. The van der Waals surface area contributed by atoms with Crippen molar-refractivity contribution in [3.63, 3.8) is 0 Å². The minimum absolute atomic E-state index is 0.0405. The molecule has 0 unspecified atom stereocenters. The minimum atomic E-state index is -3.50. The average molecular weight is 343 g/mol. The highest BCUT2D eigenvalue weighted by molar-refractivity contribution is 7.88. The fourth-order valence-electron chi connectivity index (χ4n) is 1.85. The van der Waals surface area contributed by atoms with E-state index >= 15 is 0 Å². The number of benzene rings is 1. The molecule has 0 saturated carbocycles. The molecule has 0 saturated heterocycles. The molecule has 0 spiro atoms. The number of anilines is 1. The normalized spacial score (nSPS) is 11.8. The summed E-state index contributed by atoms with van der Waals surface area (Å²) in [6, 6.07) is 7.95. The number of nitrogens with zero attached hydrogens (tertiary/aromatic N) is 2. The molecule has 9 heteroatoms. The smallest absolute Gasteiger partial charge is 0.253 e. The quantitative estimate of drug-likeness (QED) is 0.841. The molecule has 2 aromatic rings. The van der Waals surface area contributed by atoms with Gasteiger partial charge in [0.05, 0.1) is 12.8 Å². The molecule has 0 atom stereocenters. The average Bonchev–Trinajstić information content (AvgIpc) is 2.38. The van der Waals surface area contributed by atoms with Crippen LogP contribution in [0.2, 0.25) is 5.02 Å². The lowest BCUT2D eigenvalue weighted by molar-refractivity contribution is 0.395. The lowest BCUT2D eigenvalue weighted by Gasteiger charge is -2.19. The Bertz CT molecular complexity index is 818. The summed E-state index contributed by atoms with van der Waals surface area (Å²) < 4.78 is 25.0. The zero-order valence-electron chi connectivity index (χ0n) is 11.8. The highest BCUT2D eigenvalue weighted by Gasteiger charge is 2.19. The van der Waals surface area contributed by atoms with Gasteiger partial charge in [0, 0.05) is 17.6 Å². The number of aromatic amines is 1. The van der Waals surface area contributed by atoms with Crippen LogP contribution in [0.25, 0.3) is 0 Å². The Kier molecular flexibility index (Phi) is 4.84. The number of nitrogen functional groups attached to an aromatic ring is 1. The zero-order valence-corrected chi connectivity index (χ0v) is 13.4. The van der Waals surface area contributed by atoms with E-state index in [-0.39, 0.29) is 24.7 Å². The van der Waals surface area contributed by atoms with E-state index < -0.39 is 15.6 Å². The minimum Gasteiger partial charge on any atom is -0.383 e. The van der Waals surface area contributed by atoms with Crippen molar-refractivity contribution in [3.8, 4) is 0 Å².